The van der Waals surface area contributed by atoms with Crippen LogP contribution in [0.25, 0.3) is 22.4 Å². The number of hydrogen-bond donors (Lipinski definition) is 1. The molecule has 0 fully saturated rings. The molecule has 1 aromatic heterocycles. The van der Waals surface area contributed by atoms with E-state index in [9.17, 15) is 0 Å². The molecule has 0 radical (unpaired) electrons. The van der Waals surface area contributed by atoms with Gasteiger partial charge in [-0.05, 0) is 17.7 Å². The van der Waals surface area contributed by atoms with Crippen LogP contribution in [-0.4, -0.2) is 24.2 Å². The quantitative estimate of drug-likeness (QED) is 0.535. The molecule has 0 aliphatic carbocycles. The summed E-state index contributed by atoms with van der Waals surface area (Å²) in [4.78, 5) is 8.02. The van der Waals surface area contributed by atoms with Gasteiger partial charge in [0.2, 0.25) is 0 Å². The minimum absolute atomic E-state index is 0.527. The molecule has 0 unspecified atom stereocenters. The predicted molar refractivity (Wildman–Crippen MR) is 105 cm³/mol. The number of hydrogen-bond acceptors (Lipinski definition) is 4. The lowest BCUT2D eigenvalue weighted by Gasteiger charge is -2.07. The molecule has 0 saturated heterocycles. The molecule has 0 bridgehead atoms. The lowest BCUT2D eigenvalue weighted by molar-refractivity contribution is 0.306. The van der Waals surface area contributed by atoms with Crippen molar-refractivity contribution in [3.05, 3.63) is 72.3 Å². The van der Waals surface area contributed by atoms with Gasteiger partial charge in [-0.25, -0.2) is 4.98 Å². The normalized spacial score (nSPS) is 10.7. The second-order valence-electron chi connectivity index (χ2n) is 6.11. The minimum Gasteiger partial charge on any atom is -0.493 e. The third-order valence-corrected chi connectivity index (χ3v) is 4.34. The summed E-state index contributed by atoms with van der Waals surface area (Å²) in [6.07, 6.45) is 0. The molecular weight excluding hydrogens is 340 g/mol. The average Bonchev–Trinajstić information content (AvgIpc) is 3.15. The van der Waals surface area contributed by atoms with Crippen LogP contribution in [0.15, 0.2) is 66.7 Å². The van der Waals surface area contributed by atoms with E-state index >= 15 is 0 Å². The molecule has 0 atom stereocenters. The molecule has 5 heteroatoms. The van der Waals surface area contributed by atoms with E-state index in [1.807, 2.05) is 66.7 Å². The molecule has 1 heterocycles. The Hall–Kier alpha value is -3.47. The summed E-state index contributed by atoms with van der Waals surface area (Å²) in [7, 11) is 3.24. The summed E-state index contributed by atoms with van der Waals surface area (Å²) in [5.74, 6) is 2.89. The molecule has 0 spiro atoms. The number of H-pyrrole nitrogens is 1. The molecule has 0 aliphatic heterocycles. The van der Waals surface area contributed by atoms with Gasteiger partial charge in [0.1, 0.15) is 18.2 Å². The van der Waals surface area contributed by atoms with Crippen molar-refractivity contribution >= 4 is 11.0 Å². The maximum atomic E-state index is 5.92. The molecule has 1 N–H and O–H groups in total. The third kappa shape index (κ3) is 3.58. The third-order valence-electron chi connectivity index (χ3n) is 4.34. The van der Waals surface area contributed by atoms with E-state index < -0.39 is 0 Å². The van der Waals surface area contributed by atoms with Crippen LogP contribution >= 0.6 is 0 Å². The highest BCUT2D eigenvalue weighted by atomic mass is 16.5. The fourth-order valence-electron chi connectivity index (χ4n) is 2.95. The van der Waals surface area contributed by atoms with E-state index in [2.05, 4.69) is 9.97 Å². The summed E-state index contributed by atoms with van der Waals surface area (Å²) in [6, 6.07) is 21.7. The standard InChI is InChI=1S/C22H20N2O3/c1-25-20-12-18-19(13-21(20)26-2)24-22(23-18)16-9-6-10-17(11-16)27-14-15-7-4-3-5-8-15/h3-13H,14H2,1-2H3,(H,23,24). The summed E-state index contributed by atoms with van der Waals surface area (Å²) < 4.78 is 16.6. The first-order chi connectivity index (χ1) is 13.3. The van der Waals surface area contributed by atoms with Gasteiger partial charge in [-0.1, -0.05) is 42.5 Å². The number of nitrogens with one attached hydrogen (secondary N) is 1. The highest BCUT2D eigenvalue weighted by Gasteiger charge is 2.11. The molecule has 4 rings (SSSR count). The van der Waals surface area contributed by atoms with Gasteiger partial charge >= 0.3 is 0 Å². The van der Waals surface area contributed by atoms with Gasteiger partial charge in [-0.15, -0.1) is 0 Å². The zero-order valence-electron chi connectivity index (χ0n) is 15.2. The minimum atomic E-state index is 0.527. The van der Waals surface area contributed by atoms with Crippen molar-refractivity contribution in [2.45, 2.75) is 6.61 Å². The molecule has 0 aliphatic rings. The van der Waals surface area contributed by atoms with Crippen LogP contribution in [0.4, 0.5) is 0 Å². The SMILES string of the molecule is COc1cc2nc(-c3cccc(OCc4ccccc4)c3)[nH]c2cc1OC. The lowest BCUT2D eigenvalue weighted by atomic mass is 10.2. The van der Waals surface area contributed by atoms with Crippen LogP contribution in [0.3, 0.4) is 0 Å². The van der Waals surface area contributed by atoms with Crippen LogP contribution in [0.2, 0.25) is 0 Å². The number of aromatic amines is 1. The van der Waals surface area contributed by atoms with Crippen LogP contribution in [-0.2, 0) is 6.61 Å². The van der Waals surface area contributed by atoms with Crippen LogP contribution in [0, 0.1) is 0 Å². The van der Waals surface area contributed by atoms with Crippen molar-refractivity contribution in [2.75, 3.05) is 14.2 Å². The Balaban J connectivity index is 1.61. The zero-order valence-corrected chi connectivity index (χ0v) is 15.2. The van der Waals surface area contributed by atoms with Crippen molar-refractivity contribution in [1.82, 2.24) is 9.97 Å². The number of fused-ring (bicyclic) bond motifs is 1. The van der Waals surface area contributed by atoms with Gasteiger partial charge in [-0.3, -0.25) is 0 Å². The molecule has 27 heavy (non-hydrogen) atoms. The number of benzene rings is 3. The Bertz CT molecular complexity index is 1020. The van der Waals surface area contributed by atoms with Crippen LogP contribution in [0.5, 0.6) is 17.2 Å². The highest BCUT2D eigenvalue weighted by Crippen LogP contribution is 2.33. The van der Waals surface area contributed by atoms with Gasteiger partial charge in [0.05, 0.1) is 25.3 Å². The Kier molecular flexibility index (Phi) is 4.66. The topological polar surface area (TPSA) is 56.4 Å². The molecular formula is C22H20N2O3. The number of methoxy groups -OCH3 is 2. The second kappa shape index (κ2) is 7.41. The fraction of sp³-hybridized carbons (Fsp3) is 0.136. The highest BCUT2D eigenvalue weighted by molar-refractivity contribution is 5.83. The van der Waals surface area contributed by atoms with Gasteiger partial charge < -0.3 is 19.2 Å². The summed E-state index contributed by atoms with van der Waals surface area (Å²) in [5, 5.41) is 0. The van der Waals surface area contributed by atoms with E-state index in [1.165, 1.54) is 0 Å². The average molecular weight is 360 g/mol. The zero-order chi connectivity index (χ0) is 18.6. The largest absolute Gasteiger partial charge is 0.493 e. The van der Waals surface area contributed by atoms with Crippen molar-refractivity contribution < 1.29 is 14.2 Å². The van der Waals surface area contributed by atoms with E-state index in [-0.39, 0.29) is 0 Å². The van der Waals surface area contributed by atoms with E-state index in [1.54, 1.807) is 14.2 Å². The van der Waals surface area contributed by atoms with Crippen molar-refractivity contribution in [2.24, 2.45) is 0 Å². The second-order valence-corrected chi connectivity index (χ2v) is 6.11. The lowest BCUT2D eigenvalue weighted by Crippen LogP contribution is -1.95. The first kappa shape index (κ1) is 17.0. The van der Waals surface area contributed by atoms with Gasteiger partial charge in [0, 0.05) is 17.7 Å². The van der Waals surface area contributed by atoms with Crippen molar-refractivity contribution in [1.29, 1.82) is 0 Å². The Morgan fingerprint density at radius 3 is 2.41 bits per heavy atom. The molecule has 136 valence electrons. The Labute approximate surface area is 157 Å². The predicted octanol–water partition coefficient (Wildman–Crippen LogP) is 4.83. The van der Waals surface area contributed by atoms with Crippen molar-refractivity contribution in [3.8, 4) is 28.6 Å². The molecule has 3 aromatic carbocycles. The maximum absolute atomic E-state index is 5.92. The maximum Gasteiger partial charge on any atom is 0.163 e. The van der Waals surface area contributed by atoms with Gasteiger partial charge in [0.15, 0.2) is 11.5 Å². The number of nitrogens with zero attached hydrogens (tertiary/aromatic N) is 1. The fourth-order valence-corrected chi connectivity index (χ4v) is 2.95. The van der Waals surface area contributed by atoms with Crippen molar-refractivity contribution in [3.63, 3.8) is 0 Å². The monoisotopic (exact) mass is 360 g/mol. The Morgan fingerprint density at radius 1 is 0.852 bits per heavy atom. The van der Waals surface area contributed by atoms with E-state index in [0.29, 0.717) is 18.1 Å². The number of rotatable bonds is 6. The van der Waals surface area contributed by atoms with Crippen LogP contribution < -0.4 is 14.2 Å². The molecule has 5 nitrogen and oxygen atoms in total. The Morgan fingerprint density at radius 2 is 1.63 bits per heavy atom. The van der Waals surface area contributed by atoms with Gasteiger partial charge in [-0.2, -0.15) is 0 Å². The first-order valence-corrected chi connectivity index (χ1v) is 8.66. The number of ether oxygens (including phenoxy) is 3. The summed E-state index contributed by atoms with van der Waals surface area (Å²) >= 11 is 0. The summed E-state index contributed by atoms with van der Waals surface area (Å²) in [5.41, 5.74) is 3.79. The molecule has 0 amide bonds. The molecule has 0 saturated carbocycles. The number of aromatic nitrogens is 2. The van der Waals surface area contributed by atoms with E-state index in [0.717, 1.165) is 33.7 Å². The van der Waals surface area contributed by atoms with Crippen LogP contribution in [0.1, 0.15) is 5.56 Å². The summed E-state index contributed by atoms with van der Waals surface area (Å²) in [6.45, 7) is 0.527. The first-order valence-electron chi connectivity index (χ1n) is 8.66. The number of imidazole rings is 1. The van der Waals surface area contributed by atoms with Gasteiger partial charge in [0.25, 0.3) is 0 Å². The smallest absolute Gasteiger partial charge is 0.163 e. The van der Waals surface area contributed by atoms with E-state index in [4.69, 9.17) is 14.2 Å². The molecule has 4 aromatic rings.